The third-order valence-electron chi connectivity index (χ3n) is 3.17. The van der Waals surface area contributed by atoms with Crippen LogP contribution in [0, 0.1) is 5.92 Å². The highest BCUT2D eigenvalue weighted by Crippen LogP contribution is 2.17. The van der Waals surface area contributed by atoms with E-state index in [0.717, 1.165) is 11.3 Å². The van der Waals surface area contributed by atoms with Crippen molar-refractivity contribution in [3.05, 3.63) is 36.4 Å². The largest absolute Gasteiger partial charge is 0.396 e. The predicted molar refractivity (Wildman–Crippen MR) is 79.0 cm³/mol. The molecule has 0 aliphatic heterocycles. The molecule has 2 rings (SSSR count). The number of benzene rings is 1. The summed E-state index contributed by atoms with van der Waals surface area (Å²) in [4.78, 5) is 12.5. The summed E-state index contributed by atoms with van der Waals surface area (Å²) in [7, 11) is -1.02. The number of rotatable bonds is 4. The molecule has 108 valence electrons. The number of hydrogen-bond acceptors (Lipinski definition) is 3. The molecule has 20 heavy (non-hydrogen) atoms. The Morgan fingerprint density at radius 2 is 2.05 bits per heavy atom. The summed E-state index contributed by atoms with van der Waals surface area (Å²) < 4.78 is 11.3. The first-order valence-corrected chi connectivity index (χ1v) is 7.94. The quantitative estimate of drug-likeness (QED) is 0.736. The standard InChI is InChI=1S/C14H18N2O3S/c1-20(19)13-6-4-11(5-7-13)15-14(18)16-12-3-2-10(8-12)9-17/h2-7,10,12,17H,8-9H2,1H3,(H2,15,16,18)/t10-,12+,20?/m0/s1. The van der Waals surface area contributed by atoms with E-state index in [1.807, 2.05) is 12.2 Å². The van der Waals surface area contributed by atoms with Gasteiger partial charge in [0.15, 0.2) is 0 Å². The van der Waals surface area contributed by atoms with Crippen LogP contribution in [-0.4, -0.2) is 34.3 Å². The summed E-state index contributed by atoms with van der Waals surface area (Å²) in [5.41, 5.74) is 0.650. The van der Waals surface area contributed by atoms with Gasteiger partial charge in [0.1, 0.15) is 0 Å². The lowest BCUT2D eigenvalue weighted by Crippen LogP contribution is -2.36. The van der Waals surface area contributed by atoms with Crippen molar-refractivity contribution in [1.29, 1.82) is 0 Å². The van der Waals surface area contributed by atoms with Gasteiger partial charge in [0.05, 0.1) is 0 Å². The number of aliphatic hydroxyl groups excluding tert-OH is 1. The molecule has 1 aromatic carbocycles. The van der Waals surface area contributed by atoms with Crippen LogP contribution in [0.25, 0.3) is 0 Å². The Morgan fingerprint density at radius 1 is 1.35 bits per heavy atom. The van der Waals surface area contributed by atoms with Crippen LogP contribution >= 0.6 is 0 Å². The van der Waals surface area contributed by atoms with Gasteiger partial charge in [-0.05, 0) is 30.7 Å². The van der Waals surface area contributed by atoms with Crippen molar-refractivity contribution in [2.45, 2.75) is 17.4 Å². The molecule has 1 aromatic rings. The number of urea groups is 1. The maximum Gasteiger partial charge on any atom is 0.319 e. The van der Waals surface area contributed by atoms with Crippen LogP contribution in [0.5, 0.6) is 0 Å². The molecule has 0 fully saturated rings. The van der Waals surface area contributed by atoms with Crippen LogP contribution in [0.3, 0.4) is 0 Å². The fourth-order valence-electron chi connectivity index (χ4n) is 2.08. The van der Waals surface area contributed by atoms with Crippen LogP contribution in [0.15, 0.2) is 41.3 Å². The maximum absolute atomic E-state index is 11.8. The summed E-state index contributed by atoms with van der Waals surface area (Å²) in [6.07, 6.45) is 6.14. The van der Waals surface area contributed by atoms with Crippen LogP contribution in [0.2, 0.25) is 0 Å². The van der Waals surface area contributed by atoms with Gasteiger partial charge in [0, 0.05) is 46.2 Å². The summed E-state index contributed by atoms with van der Waals surface area (Å²) in [5.74, 6) is 0.124. The third-order valence-corrected chi connectivity index (χ3v) is 4.10. The van der Waals surface area contributed by atoms with E-state index in [0.29, 0.717) is 5.69 Å². The zero-order valence-electron chi connectivity index (χ0n) is 11.2. The zero-order chi connectivity index (χ0) is 14.5. The molecule has 0 radical (unpaired) electrons. The molecule has 2 amide bonds. The molecule has 0 heterocycles. The van der Waals surface area contributed by atoms with Crippen molar-refractivity contribution < 1.29 is 14.1 Å². The van der Waals surface area contributed by atoms with Gasteiger partial charge >= 0.3 is 6.03 Å². The van der Waals surface area contributed by atoms with Gasteiger partial charge in [0.2, 0.25) is 0 Å². The van der Waals surface area contributed by atoms with E-state index in [1.54, 1.807) is 30.5 Å². The van der Waals surface area contributed by atoms with Crippen molar-refractivity contribution in [3.63, 3.8) is 0 Å². The minimum Gasteiger partial charge on any atom is -0.396 e. The molecule has 0 saturated carbocycles. The molecular weight excluding hydrogens is 276 g/mol. The average Bonchev–Trinajstić information content (AvgIpc) is 2.86. The van der Waals surface area contributed by atoms with E-state index in [9.17, 15) is 9.00 Å². The number of carbonyl (C=O) groups excluding carboxylic acids is 1. The molecule has 0 saturated heterocycles. The molecule has 0 spiro atoms. The lowest BCUT2D eigenvalue weighted by molar-refractivity contribution is 0.238. The second-order valence-corrected chi connectivity index (χ2v) is 6.13. The van der Waals surface area contributed by atoms with E-state index in [-0.39, 0.29) is 24.6 Å². The topological polar surface area (TPSA) is 78.4 Å². The second kappa shape index (κ2) is 6.67. The fraction of sp³-hybridized carbons (Fsp3) is 0.357. The number of hydrogen-bond donors (Lipinski definition) is 3. The number of nitrogens with one attached hydrogen (secondary N) is 2. The Kier molecular flexibility index (Phi) is 4.92. The highest BCUT2D eigenvalue weighted by atomic mass is 32.2. The van der Waals surface area contributed by atoms with E-state index in [1.165, 1.54) is 0 Å². The molecule has 0 bridgehead atoms. The van der Waals surface area contributed by atoms with E-state index < -0.39 is 10.8 Å². The lowest BCUT2D eigenvalue weighted by atomic mass is 10.1. The van der Waals surface area contributed by atoms with Crippen LogP contribution < -0.4 is 10.6 Å². The summed E-state index contributed by atoms with van der Waals surface area (Å²) in [6, 6.07) is 6.55. The minimum atomic E-state index is -1.02. The lowest BCUT2D eigenvalue weighted by Gasteiger charge is -2.13. The second-order valence-electron chi connectivity index (χ2n) is 4.75. The van der Waals surface area contributed by atoms with Crippen LogP contribution in [0.1, 0.15) is 6.42 Å². The first kappa shape index (κ1) is 14.7. The predicted octanol–water partition coefficient (Wildman–Crippen LogP) is 1.48. The highest BCUT2D eigenvalue weighted by Gasteiger charge is 2.19. The summed E-state index contributed by atoms with van der Waals surface area (Å²) in [6.45, 7) is 0.103. The number of amides is 2. The van der Waals surface area contributed by atoms with E-state index in [2.05, 4.69) is 10.6 Å². The van der Waals surface area contributed by atoms with Crippen molar-refractivity contribution >= 4 is 22.5 Å². The molecule has 1 aliphatic rings. The Bertz CT molecular complexity index is 528. The van der Waals surface area contributed by atoms with Gasteiger partial charge in [-0.2, -0.15) is 0 Å². The molecule has 6 heteroatoms. The van der Waals surface area contributed by atoms with Gasteiger partial charge in [-0.25, -0.2) is 4.79 Å². The Hall–Kier alpha value is -1.66. The van der Waals surface area contributed by atoms with Gasteiger partial charge in [0.25, 0.3) is 0 Å². The molecule has 1 aliphatic carbocycles. The average molecular weight is 294 g/mol. The Morgan fingerprint density at radius 3 is 2.60 bits per heavy atom. The molecule has 3 N–H and O–H groups in total. The molecular formula is C14H18N2O3S. The Balaban J connectivity index is 1.85. The fourth-order valence-corrected chi connectivity index (χ4v) is 2.60. The normalized spacial score (nSPS) is 22.5. The third kappa shape index (κ3) is 3.91. The van der Waals surface area contributed by atoms with Crippen LogP contribution in [-0.2, 0) is 10.8 Å². The summed E-state index contributed by atoms with van der Waals surface area (Å²) >= 11 is 0. The SMILES string of the molecule is CS(=O)c1ccc(NC(=O)N[C@@H]2C=C[C@H](CO)C2)cc1. The van der Waals surface area contributed by atoms with Crippen molar-refractivity contribution in [2.24, 2.45) is 5.92 Å². The van der Waals surface area contributed by atoms with Gasteiger partial charge in [-0.1, -0.05) is 12.2 Å². The van der Waals surface area contributed by atoms with E-state index in [4.69, 9.17) is 5.11 Å². The first-order valence-electron chi connectivity index (χ1n) is 6.38. The van der Waals surface area contributed by atoms with Crippen molar-refractivity contribution in [3.8, 4) is 0 Å². The van der Waals surface area contributed by atoms with Crippen molar-refractivity contribution in [1.82, 2.24) is 5.32 Å². The van der Waals surface area contributed by atoms with Gasteiger partial charge in [-0.3, -0.25) is 4.21 Å². The van der Waals surface area contributed by atoms with E-state index >= 15 is 0 Å². The van der Waals surface area contributed by atoms with Gasteiger partial charge < -0.3 is 15.7 Å². The molecule has 0 aromatic heterocycles. The first-order chi connectivity index (χ1) is 9.58. The molecule has 3 atom stereocenters. The smallest absolute Gasteiger partial charge is 0.319 e. The van der Waals surface area contributed by atoms with Gasteiger partial charge in [-0.15, -0.1) is 0 Å². The summed E-state index contributed by atoms with van der Waals surface area (Å²) in [5, 5.41) is 14.6. The monoisotopic (exact) mass is 294 g/mol. The number of anilines is 1. The molecule has 1 unspecified atom stereocenters. The van der Waals surface area contributed by atoms with Crippen molar-refractivity contribution in [2.75, 3.05) is 18.2 Å². The molecule has 5 nitrogen and oxygen atoms in total. The minimum absolute atomic E-state index is 0.0467. The number of aliphatic hydroxyl groups is 1. The van der Waals surface area contributed by atoms with Crippen LogP contribution in [0.4, 0.5) is 10.5 Å². The Labute approximate surface area is 120 Å². The zero-order valence-corrected chi connectivity index (χ0v) is 12.0. The maximum atomic E-state index is 11.8. The highest BCUT2D eigenvalue weighted by molar-refractivity contribution is 7.84. The number of carbonyl (C=O) groups is 1.